The molecule has 15 heteroatoms. The molecule has 0 aliphatic heterocycles. The van der Waals surface area contributed by atoms with Gasteiger partial charge < -0.3 is 8.92 Å². The number of benzene rings is 3. The molecule has 0 aromatic heterocycles. The lowest BCUT2D eigenvalue weighted by atomic mass is 10.1. The van der Waals surface area contributed by atoms with E-state index in [9.17, 15) is 44.0 Å². The monoisotopic (exact) mass is 574 g/mol. The Labute approximate surface area is 213 Å². The second-order valence-electron chi connectivity index (χ2n) is 7.43. The third kappa shape index (κ3) is 5.71. The fourth-order valence-corrected chi connectivity index (χ4v) is 4.81. The SMILES string of the molecule is COc1ccc(NS(=O)(=O)/C(C#N)=C/c2c(F)c(F)c(F)c(F)c2F)cc1OS(=O)(=O)c1ccc(C)cc1. The van der Waals surface area contributed by atoms with Gasteiger partial charge in [0.2, 0.25) is 5.82 Å². The van der Waals surface area contributed by atoms with Crippen LogP contribution in [0.2, 0.25) is 0 Å². The molecule has 0 atom stereocenters. The highest BCUT2D eigenvalue weighted by Crippen LogP contribution is 2.34. The number of hydrogen-bond donors (Lipinski definition) is 1. The molecule has 0 spiro atoms. The van der Waals surface area contributed by atoms with Crippen molar-refractivity contribution in [3.63, 3.8) is 0 Å². The van der Waals surface area contributed by atoms with Gasteiger partial charge in [0.15, 0.2) is 39.7 Å². The summed E-state index contributed by atoms with van der Waals surface area (Å²) in [5, 5.41) is 9.24. The van der Waals surface area contributed by atoms with Gasteiger partial charge in [0.1, 0.15) is 11.0 Å². The second-order valence-corrected chi connectivity index (χ2v) is 10.6. The minimum absolute atomic E-state index is 0.0403. The molecule has 0 fully saturated rings. The summed E-state index contributed by atoms with van der Waals surface area (Å²) < 4.78 is 131. The second kappa shape index (κ2) is 10.7. The van der Waals surface area contributed by atoms with Crippen LogP contribution in [0.3, 0.4) is 0 Å². The first-order chi connectivity index (χ1) is 17.7. The van der Waals surface area contributed by atoms with Crippen LogP contribution in [0, 0.1) is 47.3 Å². The highest BCUT2D eigenvalue weighted by molar-refractivity contribution is 7.97. The van der Waals surface area contributed by atoms with Crippen molar-refractivity contribution in [1.29, 1.82) is 5.26 Å². The molecule has 0 radical (unpaired) electrons. The van der Waals surface area contributed by atoms with Crippen LogP contribution >= 0.6 is 0 Å². The summed E-state index contributed by atoms with van der Waals surface area (Å²) in [4.78, 5) is -1.65. The topological polar surface area (TPSA) is 123 Å². The molecule has 0 aliphatic rings. The van der Waals surface area contributed by atoms with E-state index in [1.165, 1.54) is 31.4 Å². The van der Waals surface area contributed by atoms with E-state index in [1.807, 2.05) is 4.72 Å². The first kappa shape index (κ1) is 28.4. The Bertz CT molecular complexity index is 1670. The minimum atomic E-state index is -5.00. The zero-order chi connectivity index (χ0) is 28.4. The van der Waals surface area contributed by atoms with Gasteiger partial charge in [-0.15, -0.1) is 0 Å². The Hall–Kier alpha value is -4.16. The van der Waals surface area contributed by atoms with Crippen LogP contribution in [0.1, 0.15) is 11.1 Å². The predicted molar refractivity (Wildman–Crippen MR) is 124 cm³/mol. The van der Waals surface area contributed by atoms with E-state index in [4.69, 9.17) is 8.92 Å². The smallest absolute Gasteiger partial charge is 0.339 e. The van der Waals surface area contributed by atoms with Gasteiger partial charge in [-0.3, -0.25) is 4.72 Å². The van der Waals surface area contributed by atoms with Crippen molar-refractivity contribution in [2.75, 3.05) is 11.8 Å². The molecule has 0 heterocycles. The van der Waals surface area contributed by atoms with Crippen molar-refractivity contribution in [2.24, 2.45) is 0 Å². The Morgan fingerprint density at radius 3 is 1.95 bits per heavy atom. The molecular weight excluding hydrogens is 559 g/mol. The van der Waals surface area contributed by atoms with Crippen LogP contribution < -0.4 is 13.6 Å². The molecule has 38 heavy (non-hydrogen) atoms. The number of allylic oxidation sites excluding steroid dienone is 1. The molecule has 0 amide bonds. The lowest BCUT2D eigenvalue weighted by molar-refractivity contribution is 0.377. The fraction of sp³-hybridized carbons (Fsp3) is 0.0870. The molecule has 0 bridgehead atoms. The van der Waals surface area contributed by atoms with Gasteiger partial charge in [-0.05, 0) is 37.3 Å². The Kier molecular flexibility index (Phi) is 7.98. The van der Waals surface area contributed by atoms with Gasteiger partial charge in [-0.1, -0.05) is 17.7 Å². The summed E-state index contributed by atoms with van der Waals surface area (Å²) in [6.45, 7) is 1.73. The summed E-state index contributed by atoms with van der Waals surface area (Å²) >= 11 is 0. The van der Waals surface area contributed by atoms with Gasteiger partial charge in [-0.2, -0.15) is 13.7 Å². The Morgan fingerprint density at radius 1 is 0.868 bits per heavy atom. The van der Waals surface area contributed by atoms with Crippen molar-refractivity contribution in [3.05, 3.63) is 87.6 Å². The summed E-state index contributed by atoms with van der Waals surface area (Å²) in [5.41, 5.74) is -1.30. The molecular formula is C23H15F5N2O6S2. The van der Waals surface area contributed by atoms with Crippen LogP contribution in [-0.2, 0) is 20.1 Å². The molecule has 0 saturated carbocycles. The van der Waals surface area contributed by atoms with Crippen LogP contribution in [0.25, 0.3) is 6.08 Å². The maximum atomic E-state index is 14.0. The number of aryl methyl sites for hydroxylation is 1. The van der Waals surface area contributed by atoms with Crippen molar-refractivity contribution in [3.8, 4) is 17.6 Å². The average molecular weight is 575 g/mol. The maximum absolute atomic E-state index is 14.0. The summed E-state index contributed by atoms with van der Waals surface area (Å²) in [6.07, 6.45) is -0.0403. The van der Waals surface area contributed by atoms with E-state index in [0.29, 0.717) is 0 Å². The van der Waals surface area contributed by atoms with E-state index in [0.717, 1.165) is 29.8 Å². The van der Waals surface area contributed by atoms with Crippen LogP contribution in [0.4, 0.5) is 27.6 Å². The standard InChI is InChI=1S/C23H15F5N2O6S2/c1-12-3-6-14(7-4-12)38(33,34)36-18-9-13(5-8-17(18)35-2)30-37(31,32)15(11-29)10-16-19(24)21(26)23(28)22(27)20(16)25/h3-10,30H,1-2H3/b15-10+. The van der Waals surface area contributed by atoms with E-state index < -0.39 is 71.1 Å². The number of hydrogen-bond acceptors (Lipinski definition) is 7. The molecule has 3 aromatic carbocycles. The average Bonchev–Trinajstić information content (AvgIpc) is 2.86. The zero-order valence-electron chi connectivity index (χ0n) is 19.2. The van der Waals surface area contributed by atoms with Gasteiger partial charge in [-0.25, -0.2) is 30.4 Å². The van der Waals surface area contributed by atoms with E-state index in [2.05, 4.69) is 0 Å². The number of halogens is 5. The summed E-state index contributed by atoms with van der Waals surface area (Å²) in [7, 11) is -8.24. The normalized spacial score (nSPS) is 12.1. The van der Waals surface area contributed by atoms with Crippen molar-refractivity contribution in [1.82, 2.24) is 0 Å². The molecule has 3 aromatic rings. The fourth-order valence-electron chi connectivity index (χ4n) is 2.94. The molecule has 3 rings (SSSR count). The van der Waals surface area contributed by atoms with Crippen LogP contribution in [0.5, 0.6) is 11.5 Å². The molecule has 200 valence electrons. The molecule has 1 N–H and O–H groups in total. The van der Waals surface area contributed by atoms with Crippen molar-refractivity contribution < 1.29 is 47.7 Å². The summed E-state index contributed by atoms with van der Waals surface area (Å²) in [6, 6.07) is 9.72. The summed E-state index contributed by atoms with van der Waals surface area (Å²) in [5.74, 6) is -12.5. The van der Waals surface area contributed by atoms with Gasteiger partial charge >= 0.3 is 10.1 Å². The Morgan fingerprint density at radius 2 is 1.42 bits per heavy atom. The van der Waals surface area contributed by atoms with E-state index >= 15 is 0 Å². The number of rotatable bonds is 8. The van der Waals surface area contributed by atoms with Crippen LogP contribution in [0.15, 0.2) is 52.3 Å². The van der Waals surface area contributed by atoms with E-state index in [1.54, 1.807) is 6.92 Å². The number of methoxy groups -OCH3 is 1. The maximum Gasteiger partial charge on any atom is 0.339 e. The van der Waals surface area contributed by atoms with Crippen molar-refractivity contribution in [2.45, 2.75) is 11.8 Å². The van der Waals surface area contributed by atoms with Gasteiger partial charge in [0.05, 0.1) is 18.4 Å². The third-order valence-corrected chi connectivity index (χ3v) is 7.38. The largest absolute Gasteiger partial charge is 0.493 e. The molecule has 0 aliphatic carbocycles. The third-order valence-electron chi connectivity index (χ3n) is 4.84. The number of nitrogens with one attached hydrogen (secondary N) is 1. The number of ether oxygens (including phenoxy) is 1. The number of nitrogens with zero attached hydrogens (tertiary/aromatic N) is 1. The van der Waals surface area contributed by atoms with Gasteiger partial charge in [0, 0.05) is 6.07 Å². The van der Waals surface area contributed by atoms with E-state index in [-0.39, 0.29) is 16.7 Å². The minimum Gasteiger partial charge on any atom is -0.493 e. The first-order valence-electron chi connectivity index (χ1n) is 10.1. The lowest BCUT2D eigenvalue weighted by Crippen LogP contribution is -2.15. The Balaban J connectivity index is 2.01. The molecule has 0 saturated heterocycles. The number of sulfonamides is 1. The van der Waals surface area contributed by atoms with Gasteiger partial charge in [0.25, 0.3) is 10.0 Å². The first-order valence-corrected chi connectivity index (χ1v) is 13.0. The highest BCUT2D eigenvalue weighted by Gasteiger charge is 2.28. The van der Waals surface area contributed by atoms with Crippen LogP contribution in [-0.4, -0.2) is 23.9 Å². The quantitative estimate of drug-likeness (QED) is 0.135. The lowest BCUT2D eigenvalue weighted by Gasteiger charge is -2.13. The highest BCUT2D eigenvalue weighted by atomic mass is 32.2. The number of anilines is 1. The van der Waals surface area contributed by atoms with Crippen molar-refractivity contribution >= 4 is 31.9 Å². The predicted octanol–water partition coefficient (Wildman–Crippen LogP) is 4.77. The number of nitriles is 1. The molecule has 8 nitrogen and oxygen atoms in total. The molecule has 0 unspecified atom stereocenters. The zero-order valence-corrected chi connectivity index (χ0v) is 20.9.